The Morgan fingerprint density at radius 2 is 1.93 bits per heavy atom. The summed E-state index contributed by atoms with van der Waals surface area (Å²) in [5.74, 6) is 0.898. The Morgan fingerprint density at radius 3 is 2.59 bits per heavy atom. The molecule has 0 bridgehead atoms. The molecular formula is C21H23N3O2S. The fraction of sp³-hybridized carbons (Fsp3) is 0.286. The van der Waals surface area contributed by atoms with Gasteiger partial charge in [-0.1, -0.05) is 43.0 Å². The van der Waals surface area contributed by atoms with Crippen LogP contribution in [0.4, 0.5) is 0 Å². The first-order chi connectivity index (χ1) is 13.1. The Labute approximate surface area is 164 Å². The van der Waals surface area contributed by atoms with E-state index >= 15 is 0 Å². The predicted octanol–water partition coefficient (Wildman–Crippen LogP) is 4.25. The van der Waals surface area contributed by atoms with Crippen LogP contribution in [0.1, 0.15) is 30.0 Å². The molecule has 1 saturated heterocycles. The molecular weight excluding hydrogens is 358 g/mol. The minimum atomic E-state index is -0.0936. The number of amidine groups is 1. The van der Waals surface area contributed by atoms with Gasteiger partial charge in [0.15, 0.2) is 5.17 Å². The van der Waals surface area contributed by atoms with Crippen molar-refractivity contribution in [2.24, 2.45) is 10.2 Å². The first-order valence-corrected chi connectivity index (χ1v) is 9.78. The van der Waals surface area contributed by atoms with Gasteiger partial charge >= 0.3 is 0 Å². The molecule has 0 spiro atoms. The van der Waals surface area contributed by atoms with Crippen LogP contribution in [0.5, 0.6) is 5.75 Å². The Morgan fingerprint density at radius 1 is 1.19 bits per heavy atom. The molecule has 2 aromatic rings. The van der Waals surface area contributed by atoms with Crippen molar-refractivity contribution in [3.05, 3.63) is 65.2 Å². The third-order valence-electron chi connectivity index (χ3n) is 4.45. The number of nitrogens with zero attached hydrogens (tertiary/aromatic N) is 3. The van der Waals surface area contributed by atoms with Crippen LogP contribution >= 0.6 is 11.8 Å². The smallest absolute Gasteiger partial charge is 0.242 e. The molecule has 1 atom stereocenters. The number of benzene rings is 2. The standard InChI is InChI=1S/C21H23N3O2S/c1-4-19-20(25)24(14-17-8-6-5-7-15(17)2)21(27-19)23-22-13-16-9-11-18(26-3)12-10-16/h5-13,19H,4,14H2,1-3H3/b22-13+,23-21-. The highest BCUT2D eigenvalue weighted by Crippen LogP contribution is 2.31. The topological polar surface area (TPSA) is 54.3 Å². The summed E-state index contributed by atoms with van der Waals surface area (Å²) in [5.41, 5.74) is 3.21. The van der Waals surface area contributed by atoms with Gasteiger partial charge < -0.3 is 4.74 Å². The van der Waals surface area contributed by atoms with E-state index in [-0.39, 0.29) is 11.2 Å². The summed E-state index contributed by atoms with van der Waals surface area (Å²) in [6.07, 6.45) is 2.46. The summed E-state index contributed by atoms with van der Waals surface area (Å²) in [6.45, 7) is 4.59. The highest BCUT2D eigenvalue weighted by atomic mass is 32.2. The predicted molar refractivity (Wildman–Crippen MR) is 111 cm³/mol. The lowest BCUT2D eigenvalue weighted by Gasteiger charge is -2.17. The Bertz CT molecular complexity index is 862. The Balaban J connectivity index is 1.79. The van der Waals surface area contributed by atoms with Gasteiger partial charge in [0.1, 0.15) is 5.75 Å². The van der Waals surface area contributed by atoms with Gasteiger partial charge in [-0.2, -0.15) is 5.10 Å². The van der Waals surface area contributed by atoms with Gasteiger partial charge in [-0.3, -0.25) is 9.69 Å². The molecule has 140 valence electrons. The average molecular weight is 382 g/mol. The molecule has 0 saturated carbocycles. The number of amides is 1. The minimum Gasteiger partial charge on any atom is -0.497 e. The number of aryl methyl sites for hydroxylation is 1. The van der Waals surface area contributed by atoms with Crippen molar-refractivity contribution in [1.29, 1.82) is 0 Å². The Kier molecular flexibility index (Phi) is 6.29. The monoisotopic (exact) mass is 381 g/mol. The van der Waals surface area contributed by atoms with Gasteiger partial charge in [-0.05, 0) is 54.3 Å². The van der Waals surface area contributed by atoms with E-state index in [4.69, 9.17) is 4.74 Å². The number of hydrogen-bond donors (Lipinski definition) is 0. The summed E-state index contributed by atoms with van der Waals surface area (Å²) in [5, 5.41) is 9.10. The lowest BCUT2D eigenvalue weighted by atomic mass is 10.1. The van der Waals surface area contributed by atoms with E-state index in [1.165, 1.54) is 11.8 Å². The lowest BCUT2D eigenvalue weighted by Crippen LogP contribution is -2.31. The molecule has 1 amide bonds. The fourth-order valence-corrected chi connectivity index (χ4v) is 3.81. The number of carbonyl (C=O) groups excluding carboxylic acids is 1. The maximum atomic E-state index is 12.7. The van der Waals surface area contributed by atoms with Gasteiger partial charge in [0, 0.05) is 0 Å². The molecule has 3 rings (SSSR count). The molecule has 27 heavy (non-hydrogen) atoms. The summed E-state index contributed by atoms with van der Waals surface area (Å²) < 4.78 is 5.15. The largest absolute Gasteiger partial charge is 0.497 e. The zero-order chi connectivity index (χ0) is 19.2. The molecule has 2 aromatic carbocycles. The second kappa shape index (κ2) is 8.86. The van der Waals surface area contributed by atoms with Crippen molar-refractivity contribution in [2.75, 3.05) is 7.11 Å². The molecule has 1 fully saturated rings. The summed E-state index contributed by atoms with van der Waals surface area (Å²) in [4.78, 5) is 14.5. The van der Waals surface area contributed by atoms with Gasteiger partial charge in [0.05, 0.1) is 25.1 Å². The van der Waals surface area contributed by atoms with Crippen LogP contribution in [-0.4, -0.2) is 34.5 Å². The molecule has 1 aliphatic heterocycles. The van der Waals surface area contributed by atoms with E-state index in [1.54, 1.807) is 18.2 Å². The van der Waals surface area contributed by atoms with Crippen LogP contribution in [0, 0.1) is 6.92 Å². The fourth-order valence-electron chi connectivity index (χ4n) is 2.78. The number of rotatable bonds is 6. The third-order valence-corrected chi connectivity index (χ3v) is 5.78. The first kappa shape index (κ1) is 19.2. The van der Waals surface area contributed by atoms with Gasteiger partial charge in [0.25, 0.3) is 0 Å². The first-order valence-electron chi connectivity index (χ1n) is 8.90. The van der Waals surface area contributed by atoms with Gasteiger partial charge in [-0.15, -0.1) is 5.10 Å². The quantitative estimate of drug-likeness (QED) is 0.555. The van der Waals surface area contributed by atoms with Crippen LogP contribution in [0.2, 0.25) is 0 Å². The molecule has 0 N–H and O–H groups in total. The van der Waals surface area contributed by atoms with E-state index < -0.39 is 0 Å². The highest BCUT2D eigenvalue weighted by Gasteiger charge is 2.37. The van der Waals surface area contributed by atoms with E-state index in [9.17, 15) is 4.79 Å². The molecule has 1 heterocycles. The summed E-state index contributed by atoms with van der Waals surface area (Å²) in [6, 6.07) is 15.7. The van der Waals surface area contributed by atoms with E-state index in [2.05, 4.69) is 23.2 Å². The van der Waals surface area contributed by atoms with Crippen molar-refractivity contribution in [2.45, 2.75) is 32.1 Å². The van der Waals surface area contributed by atoms with Crippen molar-refractivity contribution < 1.29 is 9.53 Å². The maximum Gasteiger partial charge on any atom is 0.242 e. The zero-order valence-corrected chi connectivity index (χ0v) is 16.6. The highest BCUT2D eigenvalue weighted by molar-refractivity contribution is 8.15. The van der Waals surface area contributed by atoms with Crippen LogP contribution in [0.3, 0.4) is 0 Å². The number of ether oxygens (including phenoxy) is 1. The van der Waals surface area contributed by atoms with Crippen molar-refractivity contribution in [1.82, 2.24) is 4.90 Å². The van der Waals surface area contributed by atoms with Crippen LogP contribution in [-0.2, 0) is 11.3 Å². The molecule has 0 aliphatic carbocycles. The van der Waals surface area contributed by atoms with Gasteiger partial charge in [-0.25, -0.2) is 0 Å². The SMILES string of the molecule is CCC1S/C(=N\N=C\c2ccc(OC)cc2)N(Cc2ccccc2C)C1=O. The van der Waals surface area contributed by atoms with E-state index in [0.717, 1.165) is 28.9 Å². The normalized spacial score (nSPS) is 18.6. The van der Waals surface area contributed by atoms with Crippen molar-refractivity contribution >= 4 is 29.1 Å². The second-order valence-corrected chi connectivity index (χ2v) is 7.44. The number of methoxy groups -OCH3 is 1. The summed E-state index contributed by atoms with van der Waals surface area (Å²) >= 11 is 1.49. The van der Waals surface area contributed by atoms with E-state index in [1.807, 2.05) is 49.4 Å². The second-order valence-electron chi connectivity index (χ2n) is 6.27. The van der Waals surface area contributed by atoms with Crippen LogP contribution < -0.4 is 4.74 Å². The Hall–Kier alpha value is -2.60. The van der Waals surface area contributed by atoms with E-state index in [0.29, 0.717) is 11.7 Å². The molecule has 0 radical (unpaired) electrons. The maximum absolute atomic E-state index is 12.7. The molecule has 1 aliphatic rings. The van der Waals surface area contributed by atoms with Gasteiger partial charge in [0.2, 0.25) is 5.91 Å². The van der Waals surface area contributed by atoms with Crippen molar-refractivity contribution in [3.63, 3.8) is 0 Å². The molecule has 0 aromatic heterocycles. The van der Waals surface area contributed by atoms with Crippen LogP contribution in [0.15, 0.2) is 58.7 Å². The average Bonchev–Trinajstić information content (AvgIpc) is 2.99. The third kappa shape index (κ3) is 4.57. The number of hydrogen-bond acceptors (Lipinski definition) is 5. The molecule has 6 heteroatoms. The molecule has 1 unspecified atom stereocenters. The van der Waals surface area contributed by atoms with Crippen LogP contribution in [0.25, 0.3) is 0 Å². The molecule has 5 nitrogen and oxygen atoms in total. The number of thioether (sulfide) groups is 1. The summed E-state index contributed by atoms with van der Waals surface area (Å²) in [7, 11) is 1.64. The number of carbonyl (C=O) groups is 1. The minimum absolute atomic E-state index is 0.0936. The lowest BCUT2D eigenvalue weighted by molar-refractivity contribution is -0.126. The zero-order valence-electron chi connectivity index (χ0n) is 15.8. The van der Waals surface area contributed by atoms with Crippen molar-refractivity contribution in [3.8, 4) is 5.75 Å².